The van der Waals surface area contributed by atoms with Crippen LogP contribution in [0.5, 0.6) is 0 Å². The number of rotatable bonds is 5. The third kappa shape index (κ3) is 4.08. The maximum Gasteiger partial charge on any atom is 0.359 e. The molecule has 8 heteroatoms. The molecular weight excluding hydrogens is 340 g/mol. The first kappa shape index (κ1) is 17.6. The molecule has 7 nitrogen and oxygen atoms in total. The van der Waals surface area contributed by atoms with Crippen LogP contribution in [0.4, 0.5) is 0 Å². The minimum atomic E-state index is -1.64. The lowest BCUT2D eigenvalue weighted by atomic mass is 10.1. The second-order valence-corrected chi connectivity index (χ2v) is 8.87. The third-order valence-electron chi connectivity index (χ3n) is 3.74. The standard InChI is InChI=1S/C17H20N4O3S/c1-17(2,3)25(24)20-15(16(22)23)12-6-4-11(5-7-12)14-10-18-21(19-14)13-8-9-13/h4-7,10,13H,8-9H2,1-3H3,(H,22,23)/t25-/m0/s1. The summed E-state index contributed by atoms with van der Waals surface area (Å²) in [5, 5.41) is 18.1. The molecule has 0 unspecified atom stereocenters. The molecule has 1 aliphatic carbocycles. The number of aromatic nitrogens is 3. The van der Waals surface area contributed by atoms with Crippen molar-refractivity contribution in [2.75, 3.05) is 0 Å². The topological polar surface area (TPSA) is 103 Å². The van der Waals surface area contributed by atoms with Gasteiger partial charge < -0.3 is 9.66 Å². The monoisotopic (exact) mass is 360 g/mol. The van der Waals surface area contributed by atoms with E-state index in [1.165, 1.54) is 0 Å². The number of aliphatic carboxylic acids is 1. The van der Waals surface area contributed by atoms with E-state index in [0.29, 0.717) is 11.6 Å². The van der Waals surface area contributed by atoms with E-state index in [9.17, 15) is 14.5 Å². The predicted octanol–water partition coefficient (Wildman–Crippen LogP) is 2.62. The van der Waals surface area contributed by atoms with Crippen LogP contribution < -0.4 is 0 Å². The van der Waals surface area contributed by atoms with E-state index in [1.807, 2.05) is 0 Å². The van der Waals surface area contributed by atoms with Crippen LogP contribution in [-0.2, 0) is 16.2 Å². The molecule has 2 aromatic rings. The number of carbonyl (C=O) groups is 1. The van der Waals surface area contributed by atoms with Crippen molar-refractivity contribution in [1.29, 1.82) is 0 Å². The van der Waals surface area contributed by atoms with Gasteiger partial charge in [-0.2, -0.15) is 15.0 Å². The van der Waals surface area contributed by atoms with Crippen molar-refractivity contribution in [2.24, 2.45) is 4.40 Å². The van der Waals surface area contributed by atoms with E-state index >= 15 is 0 Å². The van der Waals surface area contributed by atoms with Gasteiger partial charge in [0, 0.05) is 11.1 Å². The number of hydrogen-bond acceptors (Lipinski definition) is 5. The second kappa shape index (κ2) is 6.61. The van der Waals surface area contributed by atoms with Crippen molar-refractivity contribution >= 4 is 23.0 Å². The van der Waals surface area contributed by atoms with E-state index < -0.39 is 22.1 Å². The molecule has 1 fully saturated rings. The summed E-state index contributed by atoms with van der Waals surface area (Å²) in [5.74, 6) is -1.20. The lowest BCUT2D eigenvalue weighted by Gasteiger charge is -2.18. The van der Waals surface area contributed by atoms with Gasteiger partial charge in [-0.1, -0.05) is 28.7 Å². The highest BCUT2D eigenvalue weighted by molar-refractivity contribution is 7.91. The normalized spacial score (nSPS) is 16.7. The molecule has 1 aliphatic rings. The number of nitrogens with zero attached hydrogens (tertiary/aromatic N) is 4. The van der Waals surface area contributed by atoms with Crippen LogP contribution in [0, 0.1) is 0 Å². The molecule has 3 rings (SSSR count). The van der Waals surface area contributed by atoms with Gasteiger partial charge in [-0.3, -0.25) is 0 Å². The van der Waals surface area contributed by atoms with E-state index in [2.05, 4.69) is 14.6 Å². The van der Waals surface area contributed by atoms with Crippen LogP contribution >= 0.6 is 0 Å². The molecule has 132 valence electrons. The van der Waals surface area contributed by atoms with Crippen LogP contribution in [0.2, 0.25) is 0 Å². The number of carboxylic acid groups (broad SMARTS) is 1. The summed E-state index contributed by atoms with van der Waals surface area (Å²) in [7, 11) is 0. The molecule has 1 atom stereocenters. The van der Waals surface area contributed by atoms with Crippen molar-refractivity contribution < 1.29 is 14.5 Å². The maximum absolute atomic E-state index is 12.2. The van der Waals surface area contributed by atoms with Crippen molar-refractivity contribution in [3.05, 3.63) is 36.0 Å². The highest BCUT2D eigenvalue weighted by atomic mass is 32.2. The fourth-order valence-electron chi connectivity index (χ4n) is 2.12. The maximum atomic E-state index is 12.2. The summed E-state index contributed by atoms with van der Waals surface area (Å²) in [6.45, 7) is 5.25. The van der Waals surface area contributed by atoms with Gasteiger partial charge in [0.05, 0.1) is 12.2 Å². The van der Waals surface area contributed by atoms with E-state index in [4.69, 9.17) is 0 Å². The molecule has 0 amide bonds. The zero-order valence-corrected chi connectivity index (χ0v) is 15.2. The van der Waals surface area contributed by atoms with Gasteiger partial charge in [0.1, 0.15) is 21.8 Å². The Morgan fingerprint density at radius 1 is 1.32 bits per heavy atom. The Morgan fingerprint density at radius 3 is 2.48 bits per heavy atom. The third-order valence-corrected chi connectivity index (χ3v) is 5.13. The van der Waals surface area contributed by atoms with Gasteiger partial charge in [0.25, 0.3) is 0 Å². The minimum Gasteiger partial charge on any atom is -0.591 e. The summed E-state index contributed by atoms with van der Waals surface area (Å²) < 4.78 is 15.4. The number of benzene rings is 1. The van der Waals surface area contributed by atoms with Gasteiger partial charge >= 0.3 is 5.97 Å². The average molecular weight is 360 g/mol. The number of hydrogen-bond donors (Lipinski definition) is 1. The van der Waals surface area contributed by atoms with Gasteiger partial charge in [0.2, 0.25) is 5.71 Å². The van der Waals surface area contributed by atoms with Crippen LogP contribution in [0.3, 0.4) is 0 Å². The van der Waals surface area contributed by atoms with Crippen LogP contribution in [0.25, 0.3) is 11.3 Å². The highest BCUT2D eigenvalue weighted by Gasteiger charge is 2.29. The Balaban J connectivity index is 1.85. The Labute approximate surface area is 149 Å². The Bertz CT molecular complexity index is 804. The van der Waals surface area contributed by atoms with E-state index in [1.54, 1.807) is 56.0 Å². The Morgan fingerprint density at radius 2 is 1.96 bits per heavy atom. The predicted molar refractivity (Wildman–Crippen MR) is 95.8 cm³/mol. The lowest BCUT2D eigenvalue weighted by Crippen LogP contribution is -2.28. The fourth-order valence-corrected chi connectivity index (χ4v) is 2.75. The molecule has 0 radical (unpaired) electrons. The lowest BCUT2D eigenvalue weighted by molar-refractivity contribution is -0.129. The first-order valence-electron chi connectivity index (χ1n) is 8.02. The molecule has 0 aliphatic heterocycles. The van der Waals surface area contributed by atoms with Crippen LogP contribution in [0.1, 0.15) is 45.2 Å². The zero-order chi connectivity index (χ0) is 18.2. The first-order valence-corrected chi connectivity index (χ1v) is 9.13. The van der Waals surface area contributed by atoms with Gasteiger partial charge in [-0.25, -0.2) is 4.79 Å². The summed E-state index contributed by atoms with van der Waals surface area (Å²) >= 11 is -1.64. The minimum absolute atomic E-state index is 0.207. The van der Waals surface area contributed by atoms with Crippen molar-refractivity contribution in [1.82, 2.24) is 15.0 Å². The van der Waals surface area contributed by atoms with Gasteiger partial charge in [0.15, 0.2) is 0 Å². The van der Waals surface area contributed by atoms with Gasteiger partial charge in [-0.05, 0) is 33.6 Å². The average Bonchev–Trinajstić information content (AvgIpc) is 3.29. The molecule has 0 saturated heterocycles. The van der Waals surface area contributed by atoms with E-state index in [-0.39, 0.29) is 5.71 Å². The molecule has 0 spiro atoms. The summed E-state index contributed by atoms with van der Waals surface area (Å²) in [4.78, 5) is 13.2. The zero-order valence-electron chi connectivity index (χ0n) is 14.3. The Kier molecular flexibility index (Phi) is 4.66. The fraction of sp³-hybridized carbons (Fsp3) is 0.412. The first-order chi connectivity index (χ1) is 11.8. The summed E-state index contributed by atoms with van der Waals surface area (Å²) in [6.07, 6.45) is 3.92. The quantitative estimate of drug-likeness (QED) is 0.652. The van der Waals surface area contributed by atoms with Crippen LogP contribution in [-0.4, -0.2) is 41.1 Å². The molecule has 0 bridgehead atoms. The Hall–Kier alpha value is -2.19. The highest BCUT2D eigenvalue weighted by Crippen LogP contribution is 2.33. The van der Waals surface area contributed by atoms with E-state index in [0.717, 1.165) is 24.1 Å². The van der Waals surface area contributed by atoms with Crippen molar-refractivity contribution in [3.8, 4) is 11.3 Å². The summed E-state index contributed by atoms with van der Waals surface area (Å²) in [5.41, 5.74) is 1.78. The molecule has 1 heterocycles. The van der Waals surface area contributed by atoms with Crippen LogP contribution in [0.15, 0.2) is 34.9 Å². The second-order valence-electron chi connectivity index (χ2n) is 6.97. The molecule has 1 aromatic carbocycles. The molecular formula is C17H20N4O3S. The summed E-state index contributed by atoms with van der Waals surface area (Å²) in [6, 6.07) is 7.26. The largest absolute Gasteiger partial charge is 0.591 e. The molecule has 1 saturated carbocycles. The number of carboxylic acids is 1. The molecule has 1 N–H and O–H groups in total. The van der Waals surface area contributed by atoms with Crippen molar-refractivity contribution in [2.45, 2.75) is 44.4 Å². The van der Waals surface area contributed by atoms with Gasteiger partial charge in [-0.15, -0.1) is 0 Å². The molecule has 25 heavy (non-hydrogen) atoms. The SMILES string of the molecule is CC(C)(C)[S@+]([O-])N=C(C(=O)O)c1ccc(-c2cnn(C3CC3)n2)cc1. The van der Waals surface area contributed by atoms with Crippen molar-refractivity contribution in [3.63, 3.8) is 0 Å². The smallest absolute Gasteiger partial charge is 0.359 e. The molecule has 1 aromatic heterocycles.